The number of halogens is 1. The monoisotopic (exact) mass is 357 g/mol. The molecule has 1 amide bonds. The van der Waals surface area contributed by atoms with Gasteiger partial charge in [0.15, 0.2) is 5.82 Å². The van der Waals surface area contributed by atoms with E-state index in [1.54, 1.807) is 35.2 Å². The summed E-state index contributed by atoms with van der Waals surface area (Å²) in [6.07, 6.45) is 3.52. The number of carbonyl (C=O) groups excluding carboxylic acids is 1. The molecule has 0 aliphatic heterocycles. The summed E-state index contributed by atoms with van der Waals surface area (Å²) in [7, 11) is 0. The van der Waals surface area contributed by atoms with Gasteiger partial charge in [-0.1, -0.05) is 30.0 Å². The van der Waals surface area contributed by atoms with Crippen molar-refractivity contribution in [3.05, 3.63) is 66.0 Å². The first kappa shape index (κ1) is 17.1. The molecule has 2 aromatic heterocycles. The molecule has 0 bridgehead atoms. The Balaban J connectivity index is 1.49. The van der Waals surface area contributed by atoms with Crippen LogP contribution in [-0.2, 0) is 11.3 Å². The molecule has 0 spiro atoms. The summed E-state index contributed by atoms with van der Waals surface area (Å²) in [5, 5.41) is 11.5. The average Bonchev–Trinajstić information content (AvgIpc) is 3.06. The van der Waals surface area contributed by atoms with Gasteiger partial charge in [0.2, 0.25) is 5.91 Å². The smallest absolute Gasteiger partial charge is 0.230 e. The number of carbonyl (C=O) groups is 1. The summed E-state index contributed by atoms with van der Waals surface area (Å²) in [5.74, 6) is 0.331. The van der Waals surface area contributed by atoms with Crippen molar-refractivity contribution in [2.45, 2.75) is 18.5 Å². The average molecular weight is 357 g/mol. The highest BCUT2D eigenvalue weighted by atomic mass is 32.2. The molecule has 0 saturated carbocycles. The van der Waals surface area contributed by atoms with E-state index in [9.17, 15) is 9.18 Å². The number of rotatable bonds is 6. The zero-order valence-corrected chi connectivity index (χ0v) is 14.3. The minimum absolute atomic E-state index is 0.163. The van der Waals surface area contributed by atoms with Gasteiger partial charge in [-0.15, -0.1) is 10.2 Å². The van der Waals surface area contributed by atoms with E-state index in [0.29, 0.717) is 16.4 Å². The van der Waals surface area contributed by atoms with Crippen LogP contribution in [0.3, 0.4) is 0 Å². The number of aromatic nitrogens is 4. The van der Waals surface area contributed by atoms with E-state index in [4.69, 9.17) is 0 Å². The molecule has 6 nitrogen and oxygen atoms in total. The summed E-state index contributed by atoms with van der Waals surface area (Å²) in [6, 6.07) is 9.97. The van der Waals surface area contributed by atoms with Gasteiger partial charge in [0.25, 0.3) is 0 Å². The van der Waals surface area contributed by atoms with Gasteiger partial charge in [-0.25, -0.2) is 9.37 Å². The van der Waals surface area contributed by atoms with E-state index in [0.717, 1.165) is 5.69 Å². The Morgan fingerprint density at radius 1 is 1.24 bits per heavy atom. The number of amides is 1. The number of nitrogens with one attached hydrogen (secondary N) is 1. The van der Waals surface area contributed by atoms with E-state index in [1.807, 2.05) is 19.2 Å². The van der Waals surface area contributed by atoms with Crippen LogP contribution < -0.4 is 5.32 Å². The molecule has 0 saturated heterocycles. The maximum Gasteiger partial charge on any atom is 0.230 e. The number of aryl methyl sites for hydroxylation is 1. The van der Waals surface area contributed by atoms with Crippen molar-refractivity contribution in [2.75, 3.05) is 5.75 Å². The topological polar surface area (TPSA) is 72.7 Å². The Morgan fingerprint density at radius 3 is 2.76 bits per heavy atom. The maximum absolute atomic E-state index is 13.5. The lowest BCUT2D eigenvalue weighted by Crippen LogP contribution is -2.25. The predicted octanol–water partition coefficient (Wildman–Crippen LogP) is 2.52. The van der Waals surface area contributed by atoms with Crippen molar-refractivity contribution >= 4 is 17.7 Å². The molecular formula is C17H16FN5OS. The Hall–Kier alpha value is -2.74. The first-order chi connectivity index (χ1) is 12.1. The standard InChI is InChI=1S/C17H16FN5OS/c1-12-9-23(11-20-12)15-6-7-17(22-21-15)25-10-16(24)19-8-13-4-2-3-5-14(13)18/h2-7,9,11H,8,10H2,1H3,(H,19,24). The second kappa shape index (κ2) is 7.89. The van der Waals surface area contributed by atoms with Crippen molar-refractivity contribution in [2.24, 2.45) is 0 Å². The van der Waals surface area contributed by atoms with Crippen LogP contribution in [0.4, 0.5) is 4.39 Å². The Morgan fingerprint density at radius 2 is 2.08 bits per heavy atom. The van der Waals surface area contributed by atoms with Gasteiger partial charge in [-0.2, -0.15) is 0 Å². The third-order valence-corrected chi connectivity index (χ3v) is 4.31. The third kappa shape index (κ3) is 4.63. The minimum Gasteiger partial charge on any atom is -0.351 e. The lowest BCUT2D eigenvalue weighted by Gasteiger charge is -2.06. The van der Waals surface area contributed by atoms with Crippen LogP contribution in [0.5, 0.6) is 0 Å². The van der Waals surface area contributed by atoms with Crippen LogP contribution in [0.1, 0.15) is 11.3 Å². The van der Waals surface area contributed by atoms with Gasteiger partial charge in [0.1, 0.15) is 17.2 Å². The van der Waals surface area contributed by atoms with Gasteiger partial charge < -0.3 is 5.32 Å². The van der Waals surface area contributed by atoms with Gasteiger partial charge >= 0.3 is 0 Å². The fourth-order valence-electron chi connectivity index (χ4n) is 2.10. The molecule has 8 heteroatoms. The highest BCUT2D eigenvalue weighted by Gasteiger charge is 2.07. The predicted molar refractivity (Wildman–Crippen MR) is 92.9 cm³/mol. The third-order valence-electron chi connectivity index (χ3n) is 3.39. The van der Waals surface area contributed by atoms with Gasteiger partial charge in [0, 0.05) is 18.3 Å². The van der Waals surface area contributed by atoms with Crippen molar-refractivity contribution in [1.29, 1.82) is 0 Å². The number of imidazole rings is 1. The van der Waals surface area contributed by atoms with E-state index >= 15 is 0 Å². The second-order valence-electron chi connectivity index (χ2n) is 5.31. The van der Waals surface area contributed by atoms with E-state index in [-0.39, 0.29) is 24.0 Å². The highest BCUT2D eigenvalue weighted by Crippen LogP contribution is 2.15. The molecule has 0 atom stereocenters. The molecule has 0 aliphatic rings. The zero-order chi connectivity index (χ0) is 17.6. The number of nitrogens with zero attached hydrogens (tertiary/aromatic N) is 4. The molecule has 0 unspecified atom stereocenters. The molecule has 3 aromatic rings. The van der Waals surface area contributed by atoms with Gasteiger partial charge in [-0.3, -0.25) is 9.36 Å². The fourth-order valence-corrected chi connectivity index (χ4v) is 2.74. The SMILES string of the molecule is Cc1cn(-c2ccc(SCC(=O)NCc3ccccc3F)nn2)cn1. The Bertz CT molecular complexity index is 865. The lowest BCUT2D eigenvalue weighted by atomic mass is 10.2. The van der Waals surface area contributed by atoms with Gasteiger partial charge in [-0.05, 0) is 25.1 Å². The summed E-state index contributed by atoms with van der Waals surface area (Å²) >= 11 is 1.27. The minimum atomic E-state index is -0.327. The van der Waals surface area contributed by atoms with E-state index in [1.165, 1.54) is 17.8 Å². The summed E-state index contributed by atoms with van der Waals surface area (Å²) in [5.41, 5.74) is 1.35. The maximum atomic E-state index is 13.5. The zero-order valence-electron chi connectivity index (χ0n) is 13.5. The van der Waals surface area contributed by atoms with Crippen LogP contribution in [0.25, 0.3) is 5.82 Å². The highest BCUT2D eigenvalue weighted by molar-refractivity contribution is 7.99. The lowest BCUT2D eigenvalue weighted by molar-refractivity contribution is -0.118. The molecule has 0 aliphatic carbocycles. The van der Waals surface area contributed by atoms with Crippen LogP contribution in [-0.4, -0.2) is 31.4 Å². The molecule has 1 aromatic carbocycles. The normalized spacial score (nSPS) is 10.6. The molecule has 25 heavy (non-hydrogen) atoms. The quantitative estimate of drug-likeness (QED) is 0.686. The van der Waals surface area contributed by atoms with Gasteiger partial charge in [0.05, 0.1) is 11.4 Å². The first-order valence-electron chi connectivity index (χ1n) is 7.59. The van der Waals surface area contributed by atoms with Crippen molar-refractivity contribution in [3.8, 4) is 5.82 Å². The number of hydrogen-bond donors (Lipinski definition) is 1. The van der Waals surface area contributed by atoms with Crippen LogP contribution >= 0.6 is 11.8 Å². The largest absolute Gasteiger partial charge is 0.351 e. The Labute approximate surface area is 148 Å². The molecule has 128 valence electrons. The van der Waals surface area contributed by atoms with Crippen molar-refractivity contribution < 1.29 is 9.18 Å². The van der Waals surface area contributed by atoms with Crippen LogP contribution in [0, 0.1) is 12.7 Å². The molecule has 0 radical (unpaired) electrons. The Kier molecular flexibility index (Phi) is 5.39. The van der Waals surface area contributed by atoms with Crippen LogP contribution in [0.2, 0.25) is 0 Å². The van der Waals surface area contributed by atoms with E-state index < -0.39 is 0 Å². The molecule has 3 rings (SSSR count). The van der Waals surface area contributed by atoms with E-state index in [2.05, 4.69) is 20.5 Å². The summed E-state index contributed by atoms with van der Waals surface area (Å²) in [6.45, 7) is 2.06. The summed E-state index contributed by atoms with van der Waals surface area (Å²) < 4.78 is 15.3. The van der Waals surface area contributed by atoms with Crippen LogP contribution in [0.15, 0.2) is 53.9 Å². The number of hydrogen-bond acceptors (Lipinski definition) is 5. The molecular weight excluding hydrogens is 341 g/mol. The molecule has 2 heterocycles. The first-order valence-corrected chi connectivity index (χ1v) is 8.58. The van der Waals surface area contributed by atoms with Crippen molar-refractivity contribution in [1.82, 2.24) is 25.1 Å². The summed E-state index contributed by atoms with van der Waals surface area (Å²) in [4.78, 5) is 16.0. The second-order valence-corrected chi connectivity index (χ2v) is 6.30. The fraction of sp³-hybridized carbons (Fsp3) is 0.176. The molecule has 1 N–H and O–H groups in total. The number of thioether (sulfide) groups is 1. The number of benzene rings is 1. The molecule has 0 fully saturated rings. The van der Waals surface area contributed by atoms with Crippen molar-refractivity contribution in [3.63, 3.8) is 0 Å².